The lowest BCUT2D eigenvalue weighted by Gasteiger charge is -2.33. The van der Waals surface area contributed by atoms with Crippen molar-refractivity contribution in [2.75, 3.05) is 40.1 Å². The third kappa shape index (κ3) is 12.1. The molecular weight excluding hydrogens is 739 g/mol. The van der Waals surface area contributed by atoms with Crippen LogP contribution in [0.25, 0.3) is 0 Å². The van der Waals surface area contributed by atoms with Crippen LogP contribution in [0.2, 0.25) is 0 Å². The van der Waals surface area contributed by atoms with E-state index in [4.69, 9.17) is 32.7 Å². The first kappa shape index (κ1) is 38.7. The predicted octanol–water partition coefficient (Wildman–Crippen LogP) is 8.33. The van der Waals surface area contributed by atoms with Gasteiger partial charge >= 0.3 is 6.09 Å². The summed E-state index contributed by atoms with van der Waals surface area (Å²) in [6.07, 6.45) is 4.97. The van der Waals surface area contributed by atoms with Crippen LogP contribution in [0, 0.1) is 5.92 Å². The standard InChI is InChI=1S/C32H45BrCl2N2O7S2/c1-32(2,3)44-31(38)36-20-16-26(17-21-36)9-8-25-10-13-28(14-11-25)43-30-15-12-27(24-29(30)33)37(45(39,40)22-6-4-18-34)46(41,42)23-7-5-19-35/h10-15,24,26H,4-9,16-23H2,1-3H3. The molecule has 1 aliphatic heterocycles. The van der Waals surface area contributed by atoms with Gasteiger partial charge in [0, 0.05) is 24.8 Å². The van der Waals surface area contributed by atoms with Crippen LogP contribution in [0.15, 0.2) is 46.9 Å². The first-order valence-corrected chi connectivity index (χ1v) is 20.7. The molecule has 0 aliphatic carbocycles. The van der Waals surface area contributed by atoms with Gasteiger partial charge in [-0.05, 0) is 130 Å². The number of amides is 1. The highest BCUT2D eigenvalue weighted by atomic mass is 79.9. The molecule has 0 aromatic heterocycles. The molecule has 0 spiro atoms. The van der Waals surface area contributed by atoms with E-state index in [0.717, 1.165) is 25.7 Å². The number of hydrogen-bond donors (Lipinski definition) is 0. The predicted molar refractivity (Wildman–Crippen MR) is 189 cm³/mol. The second-order valence-electron chi connectivity index (χ2n) is 12.4. The van der Waals surface area contributed by atoms with Crippen molar-refractivity contribution in [2.24, 2.45) is 5.92 Å². The highest BCUT2D eigenvalue weighted by Crippen LogP contribution is 2.36. The minimum Gasteiger partial charge on any atom is -0.456 e. The molecule has 1 heterocycles. The molecule has 1 aliphatic rings. The number of benzene rings is 2. The molecule has 0 unspecified atom stereocenters. The van der Waals surface area contributed by atoms with Gasteiger partial charge in [0.2, 0.25) is 20.0 Å². The summed E-state index contributed by atoms with van der Waals surface area (Å²) in [4.78, 5) is 14.1. The van der Waals surface area contributed by atoms with E-state index >= 15 is 0 Å². The van der Waals surface area contributed by atoms with E-state index in [9.17, 15) is 21.6 Å². The number of halogens is 3. The molecule has 14 heteroatoms. The maximum Gasteiger partial charge on any atom is 0.410 e. The Labute approximate surface area is 293 Å². The van der Waals surface area contributed by atoms with E-state index in [0.29, 0.717) is 51.5 Å². The summed E-state index contributed by atoms with van der Waals surface area (Å²) in [5, 5.41) is 0. The number of hydrogen-bond acceptors (Lipinski definition) is 7. The van der Waals surface area contributed by atoms with Gasteiger partial charge < -0.3 is 14.4 Å². The zero-order valence-electron chi connectivity index (χ0n) is 26.7. The Bertz CT molecular complexity index is 1450. The molecule has 1 fully saturated rings. The van der Waals surface area contributed by atoms with Crippen LogP contribution < -0.4 is 8.45 Å². The third-order valence-corrected chi connectivity index (χ3v) is 13.0. The monoisotopic (exact) mass is 782 g/mol. The Morgan fingerprint density at radius 1 is 0.913 bits per heavy atom. The molecule has 0 saturated carbocycles. The van der Waals surface area contributed by atoms with Crippen molar-refractivity contribution in [3.05, 3.63) is 52.5 Å². The maximum atomic E-state index is 13.3. The average Bonchev–Trinajstić information content (AvgIpc) is 2.97. The number of ether oxygens (including phenoxy) is 2. The Morgan fingerprint density at radius 2 is 1.48 bits per heavy atom. The zero-order valence-corrected chi connectivity index (χ0v) is 31.5. The van der Waals surface area contributed by atoms with Crippen molar-refractivity contribution in [1.82, 2.24) is 4.90 Å². The topological polar surface area (TPSA) is 110 Å². The van der Waals surface area contributed by atoms with Crippen LogP contribution in [0.1, 0.15) is 71.3 Å². The molecule has 0 bridgehead atoms. The smallest absolute Gasteiger partial charge is 0.410 e. The van der Waals surface area contributed by atoms with E-state index < -0.39 is 25.6 Å². The molecular formula is C32H45BrCl2N2O7S2. The van der Waals surface area contributed by atoms with Gasteiger partial charge in [-0.3, -0.25) is 0 Å². The molecule has 258 valence electrons. The fraction of sp³-hybridized carbons (Fsp3) is 0.594. The number of carbonyl (C=O) groups excluding carboxylic acids is 1. The lowest BCUT2D eigenvalue weighted by atomic mass is 9.90. The minimum absolute atomic E-state index is 0.00301. The van der Waals surface area contributed by atoms with Gasteiger partial charge in [0.1, 0.15) is 17.1 Å². The lowest BCUT2D eigenvalue weighted by Crippen LogP contribution is -2.41. The molecule has 3 rings (SSSR count). The Kier molecular flexibility index (Phi) is 14.8. The number of likely N-dealkylation sites (tertiary alicyclic amines) is 1. The number of rotatable bonds is 16. The number of sulfonamides is 2. The van der Waals surface area contributed by atoms with Crippen LogP contribution in [0.5, 0.6) is 11.5 Å². The summed E-state index contributed by atoms with van der Waals surface area (Å²) in [6.45, 7) is 7.04. The van der Waals surface area contributed by atoms with Gasteiger partial charge in [0.05, 0.1) is 21.7 Å². The highest BCUT2D eigenvalue weighted by Gasteiger charge is 2.34. The van der Waals surface area contributed by atoms with Gasteiger partial charge in [-0.1, -0.05) is 12.1 Å². The fourth-order valence-electron chi connectivity index (χ4n) is 5.06. The Hall–Kier alpha value is -1.73. The van der Waals surface area contributed by atoms with Crippen molar-refractivity contribution in [1.29, 1.82) is 0 Å². The van der Waals surface area contributed by atoms with Gasteiger partial charge in [0.25, 0.3) is 0 Å². The maximum absolute atomic E-state index is 13.3. The van der Waals surface area contributed by atoms with Gasteiger partial charge in [-0.2, -0.15) is 3.71 Å². The molecule has 2 aromatic carbocycles. The quantitative estimate of drug-likeness (QED) is 0.124. The Morgan fingerprint density at radius 3 is 1.98 bits per heavy atom. The molecule has 1 amide bonds. The summed E-state index contributed by atoms with van der Waals surface area (Å²) in [7, 11) is -8.39. The van der Waals surface area contributed by atoms with E-state index in [1.165, 1.54) is 17.7 Å². The SMILES string of the molecule is CC(C)(C)OC(=O)N1CCC(CCc2ccc(Oc3ccc(N(S(=O)(=O)CCCCCl)S(=O)(=O)CCCCCl)cc3Br)cc2)CC1. The molecule has 1 saturated heterocycles. The van der Waals surface area contributed by atoms with Gasteiger partial charge in [-0.15, -0.1) is 23.2 Å². The van der Waals surface area contributed by atoms with Gasteiger partial charge in [0.15, 0.2) is 0 Å². The van der Waals surface area contributed by atoms with Crippen LogP contribution in [0.4, 0.5) is 10.5 Å². The number of alkyl halides is 2. The number of piperidine rings is 1. The number of nitrogens with zero attached hydrogens (tertiary/aromatic N) is 2. The number of anilines is 1. The van der Waals surface area contributed by atoms with Crippen LogP contribution in [-0.2, 0) is 31.2 Å². The van der Waals surface area contributed by atoms with E-state index in [2.05, 4.69) is 15.9 Å². The summed E-state index contributed by atoms with van der Waals surface area (Å²) >= 11 is 14.9. The Balaban J connectivity index is 1.63. The van der Waals surface area contributed by atoms with Crippen molar-refractivity contribution in [2.45, 2.75) is 77.7 Å². The number of unbranched alkanes of at least 4 members (excludes halogenated alkanes) is 2. The zero-order chi connectivity index (χ0) is 34.0. The minimum atomic E-state index is -4.19. The van der Waals surface area contributed by atoms with E-state index in [1.54, 1.807) is 11.0 Å². The summed E-state index contributed by atoms with van der Waals surface area (Å²) in [6, 6.07) is 12.2. The summed E-state index contributed by atoms with van der Waals surface area (Å²) in [5.74, 6) is 1.41. The van der Waals surface area contributed by atoms with Gasteiger partial charge in [-0.25, -0.2) is 21.6 Å². The van der Waals surface area contributed by atoms with Crippen molar-refractivity contribution >= 4 is 71.0 Å². The van der Waals surface area contributed by atoms with Crippen LogP contribution >= 0.6 is 39.1 Å². The third-order valence-electron chi connectivity index (χ3n) is 7.46. The molecule has 0 radical (unpaired) electrons. The fourth-order valence-corrected chi connectivity index (χ4v) is 10.1. The van der Waals surface area contributed by atoms with Crippen molar-refractivity contribution in [3.8, 4) is 11.5 Å². The van der Waals surface area contributed by atoms with Crippen molar-refractivity contribution in [3.63, 3.8) is 0 Å². The second-order valence-corrected chi connectivity index (χ2v) is 18.1. The summed E-state index contributed by atoms with van der Waals surface area (Å²) in [5.41, 5.74) is 0.680. The molecule has 0 atom stereocenters. The highest BCUT2D eigenvalue weighted by molar-refractivity contribution is 9.10. The second kappa shape index (κ2) is 17.6. The largest absolute Gasteiger partial charge is 0.456 e. The van der Waals surface area contributed by atoms with E-state index in [1.807, 2.05) is 45.0 Å². The first-order valence-electron chi connectivity index (χ1n) is 15.6. The normalized spacial score (nSPS) is 14.7. The molecule has 0 N–H and O–H groups in total. The number of carbonyl (C=O) groups is 1. The van der Waals surface area contributed by atoms with Crippen LogP contribution in [-0.4, -0.2) is 69.8 Å². The number of aryl methyl sites for hydroxylation is 1. The summed E-state index contributed by atoms with van der Waals surface area (Å²) < 4.78 is 65.5. The molecule has 46 heavy (non-hydrogen) atoms. The molecule has 9 nitrogen and oxygen atoms in total. The first-order chi connectivity index (χ1) is 21.6. The average molecular weight is 785 g/mol. The lowest BCUT2D eigenvalue weighted by molar-refractivity contribution is 0.0181. The molecule has 2 aromatic rings. The van der Waals surface area contributed by atoms with Crippen molar-refractivity contribution < 1.29 is 31.1 Å². The van der Waals surface area contributed by atoms with E-state index in [-0.39, 0.29) is 47.9 Å². The van der Waals surface area contributed by atoms with Crippen LogP contribution in [0.3, 0.4) is 0 Å².